The lowest BCUT2D eigenvalue weighted by atomic mass is 9.96. The predicted octanol–water partition coefficient (Wildman–Crippen LogP) is 1.00. The van der Waals surface area contributed by atoms with Gasteiger partial charge >= 0.3 is 6.01 Å². The third-order valence-electron chi connectivity index (χ3n) is 4.54. The number of aromatic nitrogens is 2. The molecule has 7 heteroatoms. The Hall–Kier alpha value is -1.21. The Bertz CT molecular complexity index is 571. The SMILES string of the molecule is O=S1(=O)CCC(CN2CCC(COc3ncccn3)CC2)C1. The van der Waals surface area contributed by atoms with Crippen LogP contribution in [0, 0.1) is 11.8 Å². The summed E-state index contributed by atoms with van der Waals surface area (Å²) in [5.74, 6) is 1.61. The highest BCUT2D eigenvalue weighted by atomic mass is 32.2. The van der Waals surface area contributed by atoms with Crippen molar-refractivity contribution in [3.05, 3.63) is 18.5 Å². The van der Waals surface area contributed by atoms with Crippen LogP contribution < -0.4 is 4.74 Å². The molecule has 1 atom stereocenters. The van der Waals surface area contributed by atoms with Crippen LogP contribution in [0.15, 0.2) is 18.5 Å². The number of hydrogen-bond donors (Lipinski definition) is 0. The van der Waals surface area contributed by atoms with Gasteiger partial charge in [-0.2, -0.15) is 0 Å². The molecule has 0 spiro atoms. The van der Waals surface area contributed by atoms with Crippen molar-refractivity contribution in [2.24, 2.45) is 11.8 Å². The van der Waals surface area contributed by atoms with Gasteiger partial charge in [-0.15, -0.1) is 0 Å². The van der Waals surface area contributed by atoms with Crippen molar-refractivity contribution in [1.82, 2.24) is 14.9 Å². The van der Waals surface area contributed by atoms with Crippen molar-refractivity contribution in [3.8, 4) is 6.01 Å². The molecular formula is C15H23N3O3S. The smallest absolute Gasteiger partial charge is 0.316 e. The fourth-order valence-corrected chi connectivity index (χ4v) is 5.12. The first-order valence-corrected chi connectivity index (χ1v) is 9.75. The molecule has 22 heavy (non-hydrogen) atoms. The van der Waals surface area contributed by atoms with Gasteiger partial charge in [0.25, 0.3) is 0 Å². The molecule has 0 saturated carbocycles. The van der Waals surface area contributed by atoms with Crippen molar-refractivity contribution in [2.75, 3.05) is 37.7 Å². The van der Waals surface area contributed by atoms with Gasteiger partial charge < -0.3 is 9.64 Å². The van der Waals surface area contributed by atoms with Crippen molar-refractivity contribution in [2.45, 2.75) is 19.3 Å². The second kappa shape index (κ2) is 6.91. The molecule has 0 aliphatic carbocycles. The maximum Gasteiger partial charge on any atom is 0.316 e. The summed E-state index contributed by atoms with van der Waals surface area (Å²) in [5, 5.41) is 0. The van der Waals surface area contributed by atoms with E-state index in [0.717, 1.165) is 38.9 Å². The molecule has 1 aromatic heterocycles. The third-order valence-corrected chi connectivity index (χ3v) is 6.38. The summed E-state index contributed by atoms with van der Waals surface area (Å²) in [6.07, 6.45) is 6.37. The maximum atomic E-state index is 11.5. The van der Waals surface area contributed by atoms with Gasteiger partial charge in [0.2, 0.25) is 0 Å². The molecule has 6 nitrogen and oxygen atoms in total. The monoisotopic (exact) mass is 325 g/mol. The Morgan fingerprint density at radius 2 is 1.86 bits per heavy atom. The van der Waals surface area contributed by atoms with Gasteiger partial charge in [-0.05, 0) is 50.3 Å². The zero-order valence-electron chi connectivity index (χ0n) is 12.7. The van der Waals surface area contributed by atoms with Crippen LogP contribution in [0.25, 0.3) is 0 Å². The molecule has 2 fully saturated rings. The molecule has 2 saturated heterocycles. The van der Waals surface area contributed by atoms with E-state index in [4.69, 9.17) is 4.74 Å². The summed E-state index contributed by atoms with van der Waals surface area (Å²) < 4.78 is 28.6. The molecule has 0 bridgehead atoms. The summed E-state index contributed by atoms with van der Waals surface area (Å²) in [6, 6.07) is 2.22. The van der Waals surface area contributed by atoms with Crippen LogP contribution >= 0.6 is 0 Å². The van der Waals surface area contributed by atoms with E-state index >= 15 is 0 Å². The number of rotatable bonds is 5. The number of ether oxygens (including phenoxy) is 1. The van der Waals surface area contributed by atoms with Gasteiger partial charge in [-0.1, -0.05) is 0 Å². The van der Waals surface area contributed by atoms with Gasteiger partial charge in [0, 0.05) is 18.9 Å². The average Bonchev–Trinajstić information content (AvgIpc) is 2.86. The Kier molecular flexibility index (Phi) is 4.93. The normalized spacial score (nSPS) is 26.1. The molecule has 0 aromatic carbocycles. The van der Waals surface area contributed by atoms with E-state index in [1.165, 1.54) is 0 Å². The first kappa shape index (κ1) is 15.7. The molecule has 2 aliphatic heterocycles. The Labute approximate surface area is 131 Å². The Balaban J connectivity index is 1.37. The van der Waals surface area contributed by atoms with Crippen molar-refractivity contribution < 1.29 is 13.2 Å². The van der Waals surface area contributed by atoms with Crippen LogP contribution in [0.3, 0.4) is 0 Å². The van der Waals surface area contributed by atoms with Crippen molar-refractivity contribution >= 4 is 9.84 Å². The summed E-state index contributed by atoms with van der Waals surface area (Å²) in [4.78, 5) is 10.5. The maximum absolute atomic E-state index is 11.5. The Morgan fingerprint density at radius 3 is 2.50 bits per heavy atom. The highest BCUT2D eigenvalue weighted by molar-refractivity contribution is 7.91. The minimum Gasteiger partial charge on any atom is -0.463 e. The standard InChI is InChI=1S/C15H23N3O3S/c19-22(20)9-4-14(12-22)10-18-7-2-13(3-8-18)11-21-15-16-5-1-6-17-15/h1,5-6,13-14H,2-4,7-12H2. The van der Waals surface area contributed by atoms with E-state index in [2.05, 4.69) is 14.9 Å². The van der Waals surface area contributed by atoms with E-state index in [1.807, 2.05) is 0 Å². The van der Waals surface area contributed by atoms with Crippen LogP contribution in [0.4, 0.5) is 0 Å². The molecule has 0 radical (unpaired) electrons. The van der Waals surface area contributed by atoms with E-state index in [-0.39, 0.29) is 0 Å². The van der Waals surface area contributed by atoms with Crippen LogP contribution in [-0.4, -0.2) is 61.0 Å². The molecule has 3 rings (SSSR count). The topological polar surface area (TPSA) is 72.4 Å². The highest BCUT2D eigenvalue weighted by Gasteiger charge is 2.30. The zero-order valence-corrected chi connectivity index (χ0v) is 13.5. The summed E-state index contributed by atoms with van der Waals surface area (Å²) in [6.45, 7) is 3.64. The van der Waals surface area contributed by atoms with Crippen LogP contribution in [0.1, 0.15) is 19.3 Å². The number of likely N-dealkylation sites (tertiary alicyclic amines) is 1. The van der Waals surface area contributed by atoms with Gasteiger partial charge in [-0.3, -0.25) is 0 Å². The Morgan fingerprint density at radius 1 is 1.14 bits per heavy atom. The minimum atomic E-state index is -2.76. The fraction of sp³-hybridized carbons (Fsp3) is 0.733. The van der Waals surface area contributed by atoms with Crippen molar-refractivity contribution in [3.63, 3.8) is 0 Å². The van der Waals surface area contributed by atoms with Crippen molar-refractivity contribution in [1.29, 1.82) is 0 Å². The molecule has 3 heterocycles. The largest absolute Gasteiger partial charge is 0.463 e. The van der Waals surface area contributed by atoms with Gasteiger partial charge in [-0.25, -0.2) is 18.4 Å². The number of nitrogens with zero attached hydrogens (tertiary/aromatic N) is 3. The fourth-order valence-electron chi connectivity index (χ4n) is 3.27. The molecule has 1 unspecified atom stereocenters. The van der Waals surface area contributed by atoms with E-state index < -0.39 is 9.84 Å². The second-order valence-corrected chi connectivity index (χ2v) is 8.58. The van der Waals surface area contributed by atoms with E-state index in [0.29, 0.717) is 36.0 Å². The quantitative estimate of drug-likeness (QED) is 0.804. The van der Waals surface area contributed by atoms with Crippen LogP contribution in [0.2, 0.25) is 0 Å². The predicted molar refractivity (Wildman–Crippen MR) is 83.5 cm³/mol. The van der Waals surface area contributed by atoms with Gasteiger partial charge in [0.05, 0.1) is 18.1 Å². The number of piperidine rings is 1. The molecule has 2 aliphatic rings. The van der Waals surface area contributed by atoms with E-state index in [9.17, 15) is 8.42 Å². The first-order valence-electron chi connectivity index (χ1n) is 7.93. The van der Waals surface area contributed by atoms with E-state index in [1.54, 1.807) is 18.5 Å². The number of hydrogen-bond acceptors (Lipinski definition) is 6. The second-order valence-electron chi connectivity index (χ2n) is 6.36. The summed E-state index contributed by atoms with van der Waals surface area (Å²) in [5.41, 5.74) is 0. The highest BCUT2D eigenvalue weighted by Crippen LogP contribution is 2.23. The molecule has 1 aromatic rings. The molecule has 122 valence electrons. The number of sulfone groups is 1. The lowest BCUT2D eigenvalue weighted by Crippen LogP contribution is -2.38. The zero-order chi connectivity index (χ0) is 15.4. The average molecular weight is 325 g/mol. The molecular weight excluding hydrogens is 302 g/mol. The lowest BCUT2D eigenvalue weighted by molar-refractivity contribution is 0.126. The minimum absolute atomic E-state index is 0.329. The molecule has 0 amide bonds. The van der Waals surface area contributed by atoms with Gasteiger partial charge in [0.15, 0.2) is 9.84 Å². The van der Waals surface area contributed by atoms with Crippen LogP contribution in [-0.2, 0) is 9.84 Å². The third kappa shape index (κ3) is 4.39. The van der Waals surface area contributed by atoms with Crippen LogP contribution in [0.5, 0.6) is 6.01 Å². The van der Waals surface area contributed by atoms with Gasteiger partial charge in [0.1, 0.15) is 0 Å². The first-order chi connectivity index (χ1) is 10.6. The lowest BCUT2D eigenvalue weighted by Gasteiger charge is -2.33. The summed E-state index contributed by atoms with van der Waals surface area (Å²) in [7, 11) is -2.76. The molecule has 0 N–H and O–H groups in total. The summed E-state index contributed by atoms with van der Waals surface area (Å²) >= 11 is 0.